The van der Waals surface area contributed by atoms with Crippen LogP contribution in [0.2, 0.25) is 0 Å². The monoisotopic (exact) mass is 645 g/mol. The van der Waals surface area contributed by atoms with Crippen molar-refractivity contribution >= 4 is 28.9 Å². The first-order valence-corrected chi connectivity index (χ1v) is 15.9. The number of aliphatic hydroxyl groups is 2. The molecule has 3 amide bonds. The second kappa shape index (κ2) is 15.8. The molecule has 0 aliphatic carbocycles. The van der Waals surface area contributed by atoms with Gasteiger partial charge in [0.15, 0.2) is 35.1 Å². The largest absolute Gasteiger partial charge is 0.387 e. The molecule has 0 radical (unpaired) electrons. The van der Waals surface area contributed by atoms with Gasteiger partial charge in [0.2, 0.25) is 0 Å². The maximum atomic E-state index is 12.5. The molecule has 1 aliphatic heterocycles. The maximum Gasteiger partial charge on any atom is 0.315 e. The highest BCUT2D eigenvalue weighted by atomic mass is 16.6. The standard InChI is InChI=1S/C33H43N9O5/c1-4-34-31(45)28-26(43)27(44)32(47-28)42-19-39-25-29(37-17-23(21-11-7-5-8-12-21)22-13-9-6-10-14-22)40-24(41-30(25)42)18-38-33(46)36-16-15-35-20(2)3/h5-14,19-20,23,26-28,32,35,43-44H,4,15-18H2,1-3H3,(H,34,45)(H2,36,38,46)(H,37,40,41)/t26-,27+,28-,32+/m0/s1. The number of aromatic nitrogens is 4. The average molecular weight is 646 g/mol. The van der Waals surface area contributed by atoms with E-state index in [-0.39, 0.29) is 24.3 Å². The Hall–Kier alpha value is -4.63. The van der Waals surface area contributed by atoms with Crippen molar-refractivity contribution < 1.29 is 24.5 Å². The zero-order valence-electron chi connectivity index (χ0n) is 26.8. The van der Waals surface area contributed by atoms with Crippen molar-refractivity contribution in [2.75, 3.05) is 31.5 Å². The number of urea groups is 1. The first kappa shape index (κ1) is 33.7. The fourth-order valence-electron chi connectivity index (χ4n) is 5.49. The molecule has 7 N–H and O–H groups in total. The Morgan fingerprint density at radius 3 is 2.23 bits per heavy atom. The number of ether oxygens (including phenoxy) is 1. The second-order valence-electron chi connectivity index (χ2n) is 11.6. The molecule has 1 aliphatic rings. The van der Waals surface area contributed by atoms with Gasteiger partial charge in [-0.2, -0.15) is 0 Å². The fourth-order valence-corrected chi connectivity index (χ4v) is 5.49. The van der Waals surface area contributed by atoms with Gasteiger partial charge in [-0.3, -0.25) is 9.36 Å². The van der Waals surface area contributed by atoms with Crippen LogP contribution in [0.1, 0.15) is 49.9 Å². The first-order valence-electron chi connectivity index (χ1n) is 15.9. The Morgan fingerprint density at radius 1 is 0.915 bits per heavy atom. The lowest BCUT2D eigenvalue weighted by Gasteiger charge is -2.20. The molecule has 14 nitrogen and oxygen atoms in total. The van der Waals surface area contributed by atoms with Gasteiger partial charge in [-0.15, -0.1) is 0 Å². The summed E-state index contributed by atoms with van der Waals surface area (Å²) in [6.45, 7) is 7.67. The number of fused-ring (bicyclic) bond motifs is 1. The summed E-state index contributed by atoms with van der Waals surface area (Å²) in [6, 6.07) is 20.2. The number of imidazole rings is 1. The fraction of sp³-hybridized carbons (Fsp3) is 0.424. The van der Waals surface area contributed by atoms with Crippen LogP contribution in [-0.4, -0.2) is 92.2 Å². The Kier molecular flexibility index (Phi) is 11.3. The van der Waals surface area contributed by atoms with Gasteiger partial charge in [0, 0.05) is 38.1 Å². The third-order valence-electron chi connectivity index (χ3n) is 7.84. The maximum absolute atomic E-state index is 12.5. The number of hydrogen-bond donors (Lipinski definition) is 7. The predicted octanol–water partition coefficient (Wildman–Crippen LogP) is 1.62. The number of amides is 3. The Labute approximate surface area is 273 Å². The lowest BCUT2D eigenvalue weighted by atomic mass is 9.91. The van der Waals surface area contributed by atoms with Gasteiger partial charge in [-0.25, -0.2) is 19.7 Å². The minimum absolute atomic E-state index is 0.00171. The number of carbonyl (C=O) groups excluding carboxylic acids is 2. The molecular formula is C33H43N9O5. The van der Waals surface area contributed by atoms with Gasteiger partial charge in [-0.1, -0.05) is 74.5 Å². The molecule has 0 saturated carbocycles. The highest BCUT2D eigenvalue weighted by Gasteiger charge is 2.47. The lowest BCUT2D eigenvalue weighted by Crippen LogP contribution is -2.42. The summed E-state index contributed by atoms with van der Waals surface area (Å²) in [6.07, 6.45) is -3.89. The van der Waals surface area contributed by atoms with E-state index < -0.39 is 30.4 Å². The molecule has 2 aromatic heterocycles. The molecule has 0 bridgehead atoms. The van der Waals surface area contributed by atoms with E-state index in [1.54, 1.807) is 6.92 Å². The van der Waals surface area contributed by atoms with E-state index >= 15 is 0 Å². The summed E-state index contributed by atoms with van der Waals surface area (Å²) in [7, 11) is 0. The van der Waals surface area contributed by atoms with Crippen LogP contribution >= 0.6 is 0 Å². The summed E-state index contributed by atoms with van der Waals surface area (Å²) < 4.78 is 7.34. The number of anilines is 1. The minimum atomic E-state index is -1.46. The van der Waals surface area contributed by atoms with Gasteiger partial charge < -0.3 is 41.5 Å². The number of benzene rings is 2. The number of likely N-dealkylation sites (N-methyl/N-ethyl adjacent to an activating group) is 1. The quantitative estimate of drug-likeness (QED) is 0.0994. The van der Waals surface area contributed by atoms with E-state index in [1.807, 2.05) is 50.2 Å². The molecule has 0 unspecified atom stereocenters. The van der Waals surface area contributed by atoms with Crippen molar-refractivity contribution in [2.45, 2.75) is 63.8 Å². The van der Waals surface area contributed by atoms with E-state index in [2.05, 4.69) is 60.8 Å². The molecular weight excluding hydrogens is 602 g/mol. The van der Waals surface area contributed by atoms with Crippen molar-refractivity contribution in [1.29, 1.82) is 0 Å². The first-order chi connectivity index (χ1) is 22.8. The van der Waals surface area contributed by atoms with Crippen LogP contribution in [-0.2, 0) is 16.1 Å². The SMILES string of the molecule is CCNC(=O)[C@H]1O[C@@H](n2cnc3c(NCC(c4ccccc4)c4ccccc4)nc(CNC(=O)NCCNC(C)C)nc32)[C@H](O)[C@@H]1O. The summed E-state index contributed by atoms with van der Waals surface area (Å²) in [5.41, 5.74) is 2.91. The molecule has 1 fully saturated rings. The van der Waals surface area contributed by atoms with Crippen LogP contribution < -0.4 is 26.6 Å². The average Bonchev–Trinajstić information content (AvgIpc) is 3.63. The molecule has 5 rings (SSSR count). The van der Waals surface area contributed by atoms with Crippen molar-refractivity contribution in [2.24, 2.45) is 0 Å². The Bertz CT molecular complexity index is 1580. The molecule has 4 aromatic rings. The summed E-state index contributed by atoms with van der Waals surface area (Å²) in [5, 5.41) is 36.5. The third kappa shape index (κ3) is 8.21. The zero-order valence-corrected chi connectivity index (χ0v) is 26.8. The highest BCUT2D eigenvalue weighted by Crippen LogP contribution is 2.33. The smallest absolute Gasteiger partial charge is 0.315 e. The summed E-state index contributed by atoms with van der Waals surface area (Å²) >= 11 is 0. The van der Waals surface area contributed by atoms with Crippen LogP contribution in [0.15, 0.2) is 67.0 Å². The summed E-state index contributed by atoms with van der Waals surface area (Å²) in [5.74, 6) is 0.137. The van der Waals surface area contributed by atoms with Gasteiger partial charge in [0.25, 0.3) is 5.91 Å². The van der Waals surface area contributed by atoms with E-state index in [1.165, 1.54) is 10.9 Å². The van der Waals surface area contributed by atoms with Gasteiger partial charge in [-0.05, 0) is 18.1 Å². The Balaban J connectivity index is 1.44. The van der Waals surface area contributed by atoms with Crippen molar-refractivity contribution in [3.8, 4) is 0 Å². The van der Waals surface area contributed by atoms with Gasteiger partial charge >= 0.3 is 6.03 Å². The van der Waals surface area contributed by atoms with Crippen LogP contribution in [0.3, 0.4) is 0 Å². The molecule has 47 heavy (non-hydrogen) atoms. The van der Waals surface area contributed by atoms with Gasteiger partial charge in [0.1, 0.15) is 12.2 Å². The zero-order chi connectivity index (χ0) is 33.3. The van der Waals surface area contributed by atoms with E-state index in [0.29, 0.717) is 49.2 Å². The topological polar surface area (TPSA) is 188 Å². The lowest BCUT2D eigenvalue weighted by molar-refractivity contribution is -0.137. The second-order valence-corrected chi connectivity index (χ2v) is 11.6. The number of nitrogens with zero attached hydrogens (tertiary/aromatic N) is 4. The number of hydrogen-bond acceptors (Lipinski definition) is 10. The van der Waals surface area contributed by atoms with E-state index in [9.17, 15) is 19.8 Å². The molecule has 0 spiro atoms. The molecule has 1 saturated heterocycles. The normalized spacial score (nSPS) is 19.3. The van der Waals surface area contributed by atoms with Crippen LogP contribution in [0.5, 0.6) is 0 Å². The number of carbonyl (C=O) groups is 2. The van der Waals surface area contributed by atoms with Crippen LogP contribution in [0.25, 0.3) is 11.2 Å². The number of aliphatic hydroxyl groups excluding tert-OH is 2. The van der Waals surface area contributed by atoms with Crippen LogP contribution in [0, 0.1) is 0 Å². The molecule has 3 heterocycles. The van der Waals surface area contributed by atoms with Crippen molar-refractivity contribution in [3.05, 3.63) is 83.9 Å². The molecule has 14 heteroatoms. The van der Waals surface area contributed by atoms with Crippen LogP contribution in [0.4, 0.5) is 10.6 Å². The number of nitrogens with one attached hydrogen (secondary N) is 5. The van der Waals surface area contributed by atoms with E-state index in [4.69, 9.17) is 9.72 Å². The van der Waals surface area contributed by atoms with Crippen molar-refractivity contribution in [3.63, 3.8) is 0 Å². The highest BCUT2D eigenvalue weighted by molar-refractivity contribution is 5.84. The predicted molar refractivity (Wildman–Crippen MR) is 177 cm³/mol. The molecule has 250 valence electrons. The van der Waals surface area contributed by atoms with Gasteiger partial charge in [0.05, 0.1) is 12.9 Å². The molecule has 4 atom stereocenters. The third-order valence-corrected chi connectivity index (χ3v) is 7.84. The van der Waals surface area contributed by atoms with Crippen molar-refractivity contribution in [1.82, 2.24) is 40.8 Å². The summed E-state index contributed by atoms with van der Waals surface area (Å²) in [4.78, 5) is 39.0. The van der Waals surface area contributed by atoms with E-state index in [0.717, 1.165) is 11.1 Å². The molecule has 2 aromatic carbocycles. The number of rotatable bonds is 14. The minimum Gasteiger partial charge on any atom is -0.387 e. The Morgan fingerprint density at radius 2 is 1.60 bits per heavy atom.